The van der Waals surface area contributed by atoms with Crippen molar-refractivity contribution in [1.82, 2.24) is 0 Å². The largest absolute Gasteiger partial charge is 0.139 e. The number of benzene rings is 6. The van der Waals surface area contributed by atoms with Gasteiger partial charge in [0, 0.05) is 49.9 Å². The molecule has 0 spiro atoms. The van der Waals surface area contributed by atoms with Crippen molar-refractivity contribution in [2.75, 3.05) is 0 Å². The highest BCUT2D eigenvalue weighted by Gasteiger charge is 2.19. The summed E-state index contributed by atoms with van der Waals surface area (Å²) in [5.41, 5.74) is 9.34. The predicted molar refractivity (Wildman–Crippen MR) is 205 cm³/mol. The van der Waals surface area contributed by atoms with Crippen LogP contribution in [0.2, 0.25) is 0 Å². The monoisotopic (exact) mass is 640 g/mol. The zero-order valence-corrected chi connectivity index (χ0v) is 27.5. The summed E-state index contributed by atoms with van der Waals surface area (Å²) >= 11 is 5.84. The van der Waals surface area contributed by atoms with Gasteiger partial charge in [-0.15, -0.1) is 34.0 Å². The first-order valence-electron chi connectivity index (χ1n) is 16.0. The Labute approximate surface area is 279 Å². The molecule has 3 aromatic heterocycles. The third kappa shape index (κ3) is 4.09. The van der Waals surface area contributed by atoms with Crippen LogP contribution >= 0.6 is 34.0 Å². The molecule has 218 valence electrons. The zero-order chi connectivity index (χ0) is 30.2. The molecule has 6 aromatic carbocycles. The summed E-state index contributed by atoms with van der Waals surface area (Å²) in [6, 6.07) is 45.6. The molecule has 0 amide bonds. The maximum absolute atomic E-state index is 2.45. The fourth-order valence-corrected chi connectivity index (χ4v) is 11.3. The molecule has 0 saturated carbocycles. The summed E-state index contributed by atoms with van der Waals surface area (Å²) in [6.45, 7) is 0. The lowest BCUT2D eigenvalue weighted by Gasteiger charge is -2.13. The van der Waals surface area contributed by atoms with Crippen LogP contribution in [-0.2, 0) is 12.8 Å². The van der Waals surface area contributed by atoms with Crippen molar-refractivity contribution in [1.29, 1.82) is 0 Å². The average Bonchev–Trinajstić information content (AvgIpc) is 3.73. The van der Waals surface area contributed by atoms with E-state index < -0.39 is 0 Å². The highest BCUT2D eigenvalue weighted by molar-refractivity contribution is 7.26. The van der Waals surface area contributed by atoms with Gasteiger partial charge < -0.3 is 0 Å². The van der Waals surface area contributed by atoms with E-state index in [2.05, 4.69) is 133 Å². The number of thiophene rings is 3. The van der Waals surface area contributed by atoms with E-state index in [0.717, 1.165) is 19.3 Å². The fraction of sp³-hybridized carbons (Fsp3) is 0.0698. The van der Waals surface area contributed by atoms with E-state index >= 15 is 0 Å². The van der Waals surface area contributed by atoms with Crippen LogP contribution in [0, 0.1) is 0 Å². The number of aryl methyl sites for hydroxylation is 1. The molecule has 10 rings (SSSR count). The Morgan fingerprint density at radius 1 is 0.413 bits per heavy atom. The van der Waals surface area contributed by atoms with Gasteiger partial charge in [-0.2, -0.15) is 0 Å². The molecule has 0 fully saturated rings. The molecule has 0 atom stereocenters. The van der Waals surface area contributed by atoms with E-state index in [1.807, 2.05) is 34.0 Å². The van der Waals surface area contributed by atoms with Gasteiger partial charge in [-0.05, 0) is 93.9 Å². The van der Waals surface area contributed by atoms with Gasteiger partial charge in [0.2, 0.25) is 0 Å². The van der Waals surface area contributed by atoms with Gasteiger partial charge in [0.15, 0.2) is 0 Å². The van der Waals surface area contributed by atoms with Gasteiger partial charge in [0.05, 0.1) is 0 Å². The second-order valence-electron chi connectivity index (χ2n) is 12.3. The summed E-state index contributed by atoms with van der Waals surface area (Å²) in [7, 11) is 0. The molecule has 9 aromatic rings. The third-order valence-electron chi connectivity index (χ3n) is 9.60. The molecule has 0 aliphatic heterocycles. The van der Waals surface area contributed by atoms with E-state index in [0.29, 0.717) is 0 Å². The lowest BCUT2D eigenvalue weighted by molar-refractivity contribution is 1.03. The zero-order valence-electron chi connectivity index (χ0n) is 25.0. The molecule has 0 N–H and O–H groups in total. The Balaban J connectivity index is 1.27. The van der Waals surface area contributed by atoms with Gasteiger partial charge in [0.25, 0.3) is 0 Å². The highest BCUT2D eigenvalue weighted by Crippen LogP contribution is 2.46. The van der Waals surface area contributed by atoms with Crippen molar-refractivity contribution in [3.8, 4) is 33.4 Å². The Kier molecular flexibility index (Phi) is 6.08. The Morgan fingerprint density at radius 2 is 0.891 bits per heavy atom. The summed E-state index contributed by atoms with van der Waals surface area (Å²) in [4.78, 5) is 1.55. The Bertz CT molecular complexity index is 2540. The molecule has 1 aliphatic rings. The Hall–Kier alpha value is -4.54. The summed E-state index contributed by atoms with van der Waals surface area (Å²) in [5.74, 6) is 0. The van der Waals surface area contributed by atoms with Crippen LogP contribution in [0.25, 0.3) is 83.8 Å². The number of fused-ring (bicyclic) bond motifs is 9. The molecular formula is C43H28S3. The minimum absolute atomic E-state index is 1.03. The topological polar surface area (TPSA) is 0 Å². The standard InChI is InChI=1S/C43H28S3/c1-2-11-32-35-17-8-14-29(41(35)44-38(32)20-3-1)26-23-27(30-15-9-18-36-33-12-4-6-21-39(33)45-42(30)36)25-28(24-26)31-16-10-19-37-34-13-5-7-22-40(34)46-43(31)37/h1-2,4-10,12-19,21-25H,3,11,20H2. The van der Waals surface area contributed by atoms with Crippen LogP contribution in [0.3, 0.4) is 0 Å². The molecule has 3 heterocycles. The van der Waals surface area contributed by atoms with Crippen LogP contribution in [0.4, 0.5) is 0 Å². The third-order valence-corrected chi connectivity index (χ3v) is 13.4. The molecule has 0 saturated heterocycles. The summed E-state index contributed by atoms with van der Waals surface area (Å²) in [6.07, 6.45) is 8.01. The van der Waals surface area contributed by atoms with Crippen LogP contribution in [0.5, 0.6) is 0 Å². The van der Waals surface area contributed by atoms with Crippen LogP contribution < -0.4 is 0 Å². The van der Waals surface area contributed by atoms with Gasteiger partial charge in [-0.1, -0.05) is 103 Å². The Morgan fingerprint density at radius 3 is 1.46 bits per heavy atom. The first-order valence-corrected chi connectivity index (χ1v) is 18.4. The lowest BCUT2D eigenvalue weighted by Crippen LogP contribution is -1.88. The molecule has 46 heavy (non-hydrogen) atoms. The highest BCUT2D eigenvalue weighted by atomic mass is 32.1. The number of hydrogen-bond acceptors (Lipinski definition) is 3. The van der Waals surface area contributed by atoms with Crippen molar-refractivity contribution in [3.05, 3.63) is 144 Å². The van der Waals surface area contributed by atoms with Crippen LogP contribution in [0.1, 0.15) is 16.9 Å². The van der Waals surface area contributed by atoms with Gasteiger partial charge in [0.1, 0.15) is 0 Å². The molecular weight excluding hydrogens is 613 g/mol. The number of allylic oxidation sites excluding steroid dienone is 2. The second-order valence-corrected chi connectivity index (χ2v) is 15.5. The number of rotatable bonds is 3. The van der Waals surface area contributed by atoms with Gasteiger partial charge in [-0.3, -0.25) is 0 Å². The normalized spacial score (nSPS) is 13.3. The molecule has 0 unspecified atom stereocenters. The summed E-state index contributed by atoms with van der Waals surface area (Å²) in [5, 5.41) is 6.79. The van der Waals surface area contributed by atoms with Crippen molar-refractivity contribution >= 4 is 84.4 Å². The summed E-state index contributed by atoms with van der Waals surface area (Å²) < 4.78 is 6.83. The smallest absolute Gasteiger partial charge is 0.0433 e. The van der Waals surface area contributed by atoms with Crippen molar-refractivity contribution in [3.63, 3.8) is 0 Å². The first-order chi connectivity index (χ1) is 22.8. The quantitative estimate of drug-likeness (QED) is 0.169. The molecule has 0 bridgehead atoms. The van der Waals surface area contributed by atoms with Crippen molar-refractivity contribution in [2.24, 2.45) is 0 Å². The second kappa shape index (κ2) is 10.5. The van der Waals surface area contributed by atoms with Crippen molar-refractivity contribution in [2.45, 2.75) is 19.3 Å². The van der Waals surface area contributed by atoms with E-state index in [-0.39, 0.29) is 0 Å². The molecule has 0 nitrogen and oxygen atoms in total. The number of hydrogen-bond donors (Lipinski definition) is 0. The first kappa shape index (κ1) is 26.7. The van der Waals surface area contributed by atoms with E-state index in [1.54, 1.807) is 4.88 Å². The minimum Gasteiger partial charge on any atom is -0.139 e. The van der Waals surface area contributed by atoms with E-state index in [1.165, 1.54) is 89.4 Å². The molecule has 1 aliphatic carbocycles. The lowest BCUT2D eigenvalue weighted by atomic mass is 9.91. The molecule has 3 heteroatoms. The maximum Gasteiger partial charge on any atom is 0.0433 e. The van der Waals surface area contributed by atoms with Gasteiger partial charge >= 0.3 is 0 Å². The van der Waals surface area contributed by atoms with Crippen molar-refractivity contribution < 1.29 is 0 Å². The maximum atomic E-state index is 2.45. The SMILES string of the molecule is C1=CCc2c(sc3c(-c4cc(-c5cccc6c5sc5ccccc56)cc(-c5cccc6c5sc5ccccc56)c4)cccc23)CC1. The average molecular weight is 641 g/mol. The van der Waals surface area contributed by atoms with Crippen LogP contribution in [0.15, 0.2) is 133 Å². The predicted octanol–water partition coefficient (Wildman–Crippen LogP) is 13.7. The fourth-order valence-electron chi connectivity index (χ4n) is 7.45. The van der Waals surface area contributed by atoms with Gasteiger partial charge in [-0.25, -0.2) is 0 Å². The van der Waals surface area contributed by atoms with Crippen LogP contribution in [-0.4, -0.2) is 0 Å². The molecule has 0 radical (unpaired) electrons. The minimum atomic E-state index is 1.03. The van der Waals surface area contributed by atoms with E-state index in [9.17, 15) is 0 Å². The van der Waals surface area contributed by atoms with E-state index in [4.69, 9.17) is 0 Å².